The van der Waals surface area contributed by atoms with Crippen molar-refractivity contribution in [2.75, 3.05) is 7.11 Å². The van der Waals surface area contributed by atoms with E-state index >= 15 is 0 Å². The highest BCUT2D eigenvalue weighted by atomic mass is 16.7. The second-order valence-electron chi connectivity index (χ2n) is 5.20. The molecule has 0 bridgehead atoms. The van der Waals surface area contributed by atoms with Gasteiger partial charge in [0, 0.05) is 19.6 Å². The summed E-state index contributed by atoms with van der Waals surface area (Å²) in [7, 11) is 1.36. The Kier molecular flexibility index (Phi) is 5.30. The van der Waals surface area contributed by atoms with Gasteiger partial charge in [-0.15, -0.1) is 0 Å². The Bertz CT molecular complexity index is 464. The predicted octanol–water partition coefficient (Wildman–Crippen LogP) is 0.0320. The zero-order valence-corrected chi connectivity index (χ0v) is 12.1. The van der Waals surface area contributed by atoms with Crippen LogP contribution in [0.15, 0.2) is 30.3 Å². The number of methoxy groups -OCH3 is 1. The van der Waals surface area contributed by atoms with Gasteiger partial charge in [0.2, 0.25) is 5.91 Å². The first-order valence-electron chi connectivity index (χ1n) is 6.90. The van der Waals surface area contributed by atoms with E-state index in [2.05, 4.69) is 5.32 Å². The molecule has 6 heteroatoms. The molecule has 0 radical (unpaired) electrons. The number of carbonyl (C=O) groups is 1. The average Bonchev–Trinajstić information content (AvgIpc) is 2.52. The maximum absolute atomic E-state index is 12.2. The van der Waals surface area contributed by atoms with E-state index in [-0.39, 0.29) is 5.91 Å². The summed E-state index contributed by atoms with van der Waals surface area (Å²) < 4.78 is 10.4. The number of ether oxygens (including phenoxy) is 2. The quantitative estimate of drug-likeness (QED) is 0.729. The maximum atomic E-state index is 12.2. The zero-order chi connectivity index (χ0) is 15.4. The highest BCUT2D eigenvalue weighted by Gasteiger charge is 2.45. The summed E-state index contributed by atoms with van der Waals surface area (Å²) >= 11 is 0. The Labute approximate surface area is 123 Å². The van der Waals surface area contributed by atoms with Gasteiger partial charge in [-0.1, -0.05) is 37.3 Å². The predicted molar refractivity (Wildman–Crippen MR) is 75.1 cm³/mol. The highest BCUT2D eigenvalue weighted by Crippen LogP contribution is 2.26. The van der Waals surface area contributed by atoms with Crippen LogP contribution < -0.4 is 5.32 Å². The van der Waals surface area contributed by atoms with E-state index in [0.29, 0.717) is 6.54 Å². The van der Waals surface area contributed by atoms with Gasteiger partial charge in [-0.2, -0.15) is 0 Å². The van der Waals surface area contributed by atoms with E-state index in [9.17, 15) is 15.0 Å². The first-order chi connectivity index (χ1) is 10.0. The van der Waals surface area contributed by atoms with Crippen molar-refractivity contribution < 1.29 is 24.5 Å². The molecule has 3 N–H and O–H groups in total. The fourth-order valence-corrected chi connectivity index (χ4v) is 2.38. The molecule has 21 heavy (non-hydrogen) atoms. The highest BCUT2D eigenvalue weighted by molar-refractivity contribution is 5.81. The minimum absolute atomic E-state index is 0.334. The van der Waals surface area contributed by atoms with Crippen LogP contribution >= 0.6 is 0 Å². The fourth-order valence-electron chi connectivity index (χ4n) is 2.38. The second-order valence-corrected chi connectivity index (χ2v) is 5.20. The van der Waals surface area contributed by atoms with Gasteiger partial charge in [-0.3, -0.25) is 4.79 Å². The summed E-state index contributed by atoms with van der Waals surface area (Å²) in [5, 5.41) is 22.5. The molecule has 2 rings (SSSR count). The van der Waals surface area contributed by atoms with E-state index in [4.69, 9.17) is 9.47 Å². The van der Waals surface area contributed by atoms with Gasteiger partial charge in [0.25, 0.3) is 0 Å². The van der Waals surface area contributed by atoms with Crippen LogP contribution in [0.4, 0.5) is 0 Å². The van der Waals surface area contributed by atoms with Crippen LogP contribution in [0.3, 0.4) is 0 Å². The minimum Gasteiger partial charge on any atom is -0.390 e. The third-order valence-corrected chi connectivity index (χ3v) is 3.73. The third-order valence-electron chi connectivity index (χ3n) is 3.73. The normalized spacial score (nSPS) is 32.7. The van der Waals surface area contributed by atoms with Crippen LogP contribution in [0.25, 0.3) is 0 Å². The molecule has 0 saturated carbocycles. The molecule has 1 amide bonds. The number of amides is 1. The number of hydrogen-bond donors (Lipinski definition) is 3. The fraction of sp³-hybridized carbons (Fsp3) is 0.533. The van der Waals surface area contributed by atoms with Crippen molar-refractivity contribution >= 4 is 5.91 Å². The SMILES string of the molecule is COC1OC(C(=O)NCc2ccccc2)C(C)C(O)C1O. The molecular formula is C15H21NO5. The number of aliphatic hydroxyl groups excluding tert-OH is 2. The molecule has 5 atom stereocenters. The Morgan fingerprint density at radius 1 is 1.29 bits per heavy atom. The molecule has 1 aromatic rings. The molecule has 1 saturated heterocycles. The molecule has 1 aliphatic heterocycles. The van der Waals surface area contributed by atoms with Gasteiger partial charge in [0.1, 0.15) is 12.2 Å². The largest absolute Gasteiger partial charge is 0.390 e. The lowest BCUT2D eigenvalue weighted by Gasteiger charge is -2.39. The van der Waals surface area contributed by atoms with Crippen molar-refractivity contribution in [3.63, 3.8) is 0 Å². The molecule has 5 unspecified atom stereocenters. The second kappa shape index (κ2) is 7.00. The Balaban J connectivity index is 1.97. The number of rotatable bonds is 4. The van der Waals surface area contributed by atoms with E-state index in [1.165, 1.54) is 7.11 Å². The van der Waals surface area contributed by atoms with Crippen molar-refractivity contribution in [2.24, 2.45) is 5.92 Å². The summed E-state index contributed by atoms with van der Waals surface area (Å²) in [4.78, 5) is 12.2. The standard InChI is InChI=1S/C15H21NO5/c1-9-11(17)12(18)15(20-2)21-13(9)14(19)16-8-10-6-4-3-5-7-10/h3-7,9,11-13,15,17-18H,8H2,1-2H3,(H,16,19). The van der Waals surface area contributed by atoms with Crippen molar-refractivity contribution in [3.05, 3.63) is 35.9 Å². The molecule has 1 heterocycles. The van der Waals surface area contributed by atoms with Crippen LogP contribution in [-0.2, 0) is 20.8 Å². The maximum Gasteiger partial charge on any atom is 0.249 e. The number of hydrogen-bond acceptors (Lipinski definition) is 5. The smallest absolute Gasteiger partial charge is 0.249 e. The van der Waals surface area contributed by atoms with E-state index < -0.39 is 30.5 Å². The molecule has 1 aromatic carbocycles. The average molecular weight is 295 g/mol. The molecule has 0 spiro atoms. The van der Waals surface area contributed by atoms with E-state index in [0.717, 1.165) is 5.56 Å². The first kappa shape index (κ1) is 15.9. The van der Waals surface area contributed by atoms with E-state index in [1.54, 1.807) is 6.92 Å². The lowest BCUT2D eigenvalue weighted by Crippen LogP contribution is -2.58. The summed E-state index contributed by atoms with van der Waals surface area (Å²) in [6, 6.07) is 9.49. The summed E-state index contributed by atoms with van der Waals surface area (Å²) in [5.41, 5.74) is 0.971. The van der Waals surface area contributed by atoms with Crippen molar-refractivity contribution in [1.82, 2.24) is 5.32 Å². The lowest BCUT2D eigenvalue weighted by atomic mass is 9.90. The van der Waals surface area contributed by atoms with Crippen molar-refractivity contribution in [2.45, 2.75) is 38.1 Å². The van der Waals surface area contributed by atoms with Crippen molar-refractivity contribution in [1.29, 1.82) is 0 Å². The Hall–Kier alpha value is -1.47. The summed E-state index contributed by atoms with van der Waals surface area (Å²) in [5.74, 6) is -0.860. The third kappa shape index (κ3) is 3.59. The van der Waals surface area contributed by atoms with Gasteiger partial charge in [-0.05, 0) is 5.56 Å². The van der Waals surface area contributed by atoms with Crippen LogP contribution in [0.5, 0.6) is 0 Å². The lowest BCUT2D eigenvalue weighted by molar-refractivity contribution is -0.270. The molecule has 0 aromatic heterocycles. The number of nitrogens with one attached hydrogen (secondary N) is 1. The molecular weight excluding hydrogens is 274 g/mol. The van der Waals surface area contributed by atoms with Crippen molar-refractivity contribution in [3.8, 4) is 0 Å². The monoisotopic (exact) mass is 295 g/mol. The topological polar surface area (TPSA) is 88.0 Å². The minimum atomic E-state index is -1.16. The molecule has 0 aliphatic carbocycles. The Morgan fingerprint density at radius 3 is 2.57 bits per heavy atom. The van der Waals surface area contributed by atoms with E-state index in [1.807, 2.05) is 30.3 Å². The zero-order valence-electron chi connectivity index (χ0n) is 12.1. The Morgan fingerprint density at radius 2 is 1.95 bits per heavy atom. The number of carbonyl (C=O) groups excluding carboxylic acids is 1. The van der Waals surface area contributed by atoms with Crippen LogP contribution in [0.2, 0.25) is 0 Å². The van der Waals surface area contributed by atoms with Gasteiger partial charge in [0.15, 0.2) is 6.29 Å². The molecule has 6 nitrogen and oxygen atoms in total. The van der Waals surface area contributed by atoms with Gasteiger partial charge < -0.3 is 25.0 Å². The first-order valence-corrected chi connectivity index (χ1v) is 6.90. The molecule has 116 valence electrons. The van der Waals surface area contributed by atoms with Crippen LogP contribution in [0.1, 0.15) is 12.5 Å². The van der Waals surface area contributed by atoms with Gasteiger partial charge in [0.05, 0.1) is 6.10 Å². The number of aliphatic hydroxyl groups is 2. The molecule has 1 fully saturated rings. The van der Waals surface area contributed by atoms with Crippen LogP contribution in [-0.4, -0.2) is 47.8 Å². The number of benzene rings is 1. The van der Waals surface area contributed by atoms with Crippen LogP contribution in [0, 0.1) is 5.92 Å². The molecule has 1 aliphatic rings. The summed E-state index contributed by atoms with van der Waals surface area (Å²) in [6.07, 6.45) is -4.11. The summed E-state index contributed by atoms with van der Waals surface area (Å²) in [6.45, 7) is 2.04. The van der Waals surface area contributed by atoms with Gasteiger partial charge >= 0.3 is 0 Å². The van der Waals surface area contributed by atoms with Gasteiger partial charge in [-0.25, -0.2) is 0 Å².